The zero-order valence-corrected chi connectivity index (χ0v) is 14.1. The fourth-order valence-corrected chi connectivity index (χ4v) is 4.87. The quantitative estimate of drug-likeness (QED) is 0.923. The molecule has 0 bridgehead atoms. The van der Waals surface area contributed by atoms with E-state index in [9.17, 15) is 8.42 Å². The van der Waals surface area contributed by atoms with E-state index in [2.05, 4.69) is 10.3 Å². The van der Waals surface area contributed by atoms with Gasteiger partial charge >= 0.3 is 0 Å². The van der Waals surface area contributed by atoms with Gasteiger partial charge in [0.25, 0.3) is 0 Å². The minimum Gasteiger partial charge on any atom is -0.316 e. The van der Waals surface area contributed by atoms with Gasteiger partial charge in [-0.3, -0.25) is 4.98 Å². The van der Waals surface area contributed by atoms with E-state index in [1.54, 1.807) is 10.4 Å². The van der Waals surface area contributed by atoms with Crippen LogP contribution in [0.4, 0.5) is 0 Å². The molecule has 21 heavy (non-hydrogen) atoms. The Morgan fingerprint density at radius 3 is 3.05 bits per heavy atom. The molecular weight excluding hydrogens is 330 g/mol. The van der Waals surface area contributed by atoms with Crippen LogP contribution in [0, 0.1) is 0 Å². The van der Waals surface area contributed by atoms with Gasteiger partial charge in [-0.05, 0) is 37.4 Å². The summed E-state index contributed by atoms with van der Waals surface area (Å²) >= 11 is 1.51. The molecule has 1 aliphatic heterocycles. The Bertz CT molecular complexity index is 717. The van der Waals surface area contributed by atoms with E-state index in [0.29, 0.717) is 18.0 Å². The smallest absolute Gasteiger partial charge is 0.244 e. The fraction of sp³-hybridized carbons (Fsp3) is 0.462. The average Bonchev–Trinajstić information content (AvgIpc) is 2.94. The minimum absolute atomic E-state index is 0. The van der Waals surface area contributed by atoms with E-state index in [0.717, 1.165) is 23.1 Å². The Hall–Kier alpha value is -0.730. The summed E-state index contributed by atoms with van der Waals surface area (Å²) in [5.41, 5.74) is 0.848. The molecule has 116 valence electrons. The van der Waals surface area contributed by atoms with Crippen LogP contribution in [0.2, 0.25) is 0 Å². The molecule has 0 radical (unpaired) electrons. The Morgan fingerprint density at radius 1 is 1.48 bits per heavy atom. The van der Waals surface area contributed by atoms with Gasteiger partial charge < -0.3 is 5.32 Å². The second-order valence-corrected chi connectivity index (χ2v) is 7.85. The number of thiophene rings is 1. The van der Waals surface area contributed by atoms with Crippen molar-refractivity contribution in [2.45, 2.75) is 23.8 Å². The standard InChI is InChI=1S/C13H17N3O2S2.ClH/c1-14-10-3-2-5-16(9-10)20(17,18)11-7-13-12(15-8-11)4-6-19-13;/h4,6-8,10,14H,2-3,5,9H2,1H3;1H. The van der Waals surface area contributed by atoms with Gasteiger partial charge in [0.05, 0.1) is 10.2 Å². The van der Waals surface area contributed by atoms with E-state index in [1.165, 1.54) is 17.5 Å². The maximum atomic E-state index is 12.7. The van der Waals surface area contributed by atoms with Crippen LogP contribution in [-0.4, -0.2) is 43.9 Å². The summed E-state index contributed by atoms with van der Waals surface area (Å²) in [6.45, 7) is 1.12. The fourth-order valence-electron chi connectivity index (χ4n) is 2.52. The van der Waals surface area contributed by atoms with Gasteiger partial charge in [-0.2, -0.15) is 4.31 Å². The van der Waals surface area contributed by atoms with Gasteiger partial charge in [0.2, 0.25) is 10.0 Å². The first-order valence-corrected chi connectivity index (χ1v) is 8.94. The molecule has 2 aromatic heterocycles. The number of nitrogens with one attached hydrogen (secondary N) is 1. The number of sulfonamides is 1. The molecule has 3 rings (SSSR count). The molecule has 3 heterocycles. The van der Waals surface area contributed by atoms with Gasteiger partial charge in [-0.15, -0.1) is 23.7 Å². The number of hydrogen-bond acceptors (Lipinski definition) is 5. The van der Waals surface area contributed by atoms with E-state index in [4.69, 9.17) is 0 Å². The Labute approximate surface area is 134 Å². The molecule has 0 aliphatic carbocycles. The van der Waals surface area contributed by atoms with Crippen molar-refractivity contribution in [1.82, 2.24) is 14.6 Å². The number of pyridine rings is 1. The lowest BCUT2D eigenvalue weighted by Gasteiger charge is -2.31. The number of likely N-dealkylation sites (N-methyl/N-ethyl adjacent to an activating group) is 1. The van der Waals surface area contributed by atoms with Crippen LogP contribution in [0.15, 0.2) is 28.6 Å². The predicted molar refractivity (Wildman–Crippen MR) is 87.7 cm³/mol. The summed E-state index contributed by atoms with van der Waals surface area (Å²) in [7, 11) is -1.56. The van der Waals surface area contributed by atoms with Gasteiger partial charge in [0, 0.05) is 25.3 Å². The van der Waals surface area contributed by atoms with Crippen LogP contribution in [0.25, 0.3) is 10.2 Å². The third-order valence-corrected chi connectivity index (χ3v) is 6.39. The molecule has 1 unspecified atom stereocenters. The number of fused-ring (bicyclic) bond motifs is 1. The number of piperidine rings is 1. The first-order chi connectivity index (χ1) is 9.61. The van der Waals surface area contributed by atoms with Crippen molar-refractivity contribution in [2.24, 2.45) is 0 Å². The third-order valence-electron chi connectivity index (χ3n) is 3.71. The first kappa shape index (κ1) is 16.6. The molecule has 5 nitrogen and oxygen atoms in total. The lowest BCUT2D eigenvalue weighted by molar-refractivity contribution is 0.293. The monoisotopic (exact) mass is 347 g/mol. The summed E-state index contributed by atoms with van der Waals surface area (Å²) in [5, 5.41) is 5.09. The molecule has 0 aromatic carbocycles. The molecule has 8 heteroatoms. The highest BCUT2D eigenvalue weighted by molar-refractivity contribution is 7.89. The summed E-state index contributed by atoms with van der Waals surface area (Å²) in [6.07, 6.45) is 3.37. The normalized spacial score (nSPS) is 20.3. The zero-order valence-electron chi connectivity index (χ0n) is 11.7. The maximum Gasteiger partial charge on any atom is 0.244 e. The van der Waals surface area contributed by atoms with Crippen LogP contribution >= 0.6 is 23.7 Å². The van der Waals surface area contributed by atoms with Gasteiger partial charge in [0.15, 0.2) is 0 Å². The van der Waals surface area contributed by atoms with Crippen molar-refractivity contribution in [2.75, 3.05) is 20.1 Å². The number of rotatable bonds is 3. The lowest BCUT2D eigenvalue weighted by Crippen LogP contribution is -2.46. The number of nitrogens with zero attached hydrogens (tertiary/aromatic N) is 2. The summed E-state index contributed by atoms with van der Waals surface area (Å²) in [5.74, 6) is 0. The molecular formula is C13H18ClN3O2S2. The molecule has 0 amide bonds. The van der Waals surface area contributed by atoms with Crippen LogP contribution in [0.1, 0.15) is 12.8 Å². The predicted octanol–water partition coefficient (Wildman–Crippen LogP) is 2.09. The first-order valence-electron chi connectivity index (χ1n) is 6.62. The molecule has 2 aromatic rings. The SMILES string of the molecule is CNC1CCCN(S(=O)(=O)c2cnc3ccsc3c2)C1.Cl. The maximum absolute atomic E-state index is 12.7. The Morgan fingerprint density at radius 2 is 2.29 bits per heavy atom. The Balaban J connectivity index is 0.00000161. The summed E-state index contributed by atoms with van der Waals surface area (Å²) < 4.78 is 27.8. The lowest BCUT2D eigenvalue weighted by atomic mass is 10.1. The highest BCUT2D eigenvalue weighted by Gasteiger charge is 2.30. The van der Waals surface area contributed by atoms with Crippen LogP contribution in [0.3, 0.4) is 0 Å². The third kappa shape index (κ3) is 3.22. The van der Waals surface area contributed by atoms with E-state index in [1.807, 2.05) is 18.5 Å². The number of aromatic nitrogens is 1. The summed E-state index contributed by atoms with van der Waals surface area (Å²) in [6, 6.07) is 3.86. The zero-order chi connectivity index (χ0) is 14.2. The van der Waals surface area contributed by atoms with Crippen molar-refractivity contribution < 1.29 is 8.42 Å². The average molecular weight is 348 g/mol. The molecule has 0 saturated carbocycles. The van der Waals surface area contributed by atoms with Gasteiger partial charge in [-0.1, -0.05) is 0 Å². The largest absolute Gasteiger partial charge is 0.316 e. The van der Waals surface area contributed by atoms with E-state index < -0.39 is 10.0 Å². The van der Waals surface area contributed by atoms with Gasteiger partial charge in [-0.25, -0.2) is 8.42 Å². The second kappa shape index (κ2) is 6.58. The minimum atomic E-state index is -3.44. The molecule has 1 saturated heterocycles. The van der Waals surface area contributed by atoms with Crippen LogP contribution in [0.5, 0.6) is 0 Å². The molecule has 1 fully saturated rings. The van der Waals surface area contributed by atoms with Crippen molar-refractivity contribution in [3.8, 4) is 0 Å². The highest BCUT2D eigenvalue weighted by Crippen LogP contribution is 2.25. The van der Waals surface area contributed by atoms with Gasteiger partial charge in [0.1, 0.15) is 4.90 Å². The van der Waals surface area contributed by atoms with Crippen molar-refractivity contribution in [3.63, 3.8) is 0 Å². The molecule has 0 spiro atoms. The molecule has 1 aliphatic rings. The van der Waals surface area contributed by atoms with Crippen molar-refractivity contribution in [3.05, 3.63) is 23.7 Å². The topological polar surface area (TPSA) is 62.3 Å². The number of hydrogen-bond donors (Lipinski definition) is 1. The van der Waals surface area contributed by atoms with Crippen molar-refractivity contribution >= 4 is 44.0 Å². The van der Waals surface area contributed by atoms with Crippen LogP contribution < -0.4 is 5.32 Å². The Kier molecular flexibility index (Phi) is 5.21. The molecule has 1 N–H and O–H groups in total. The highest BCUT2D eigenvalue weighted by atomic mass is 35.5. The summed E-state index contributed by atoms with van der Waals surface area (Å²) in [4.78, 5) is 4.53. The molecule has 1 atom stereocenters. The van der Waals surface area contributed by atoms with Crippen LogP contribution in [-0.2, 0) is 10.0 Å². The van der Waals surface area contributed by atoms with E-state index >= 15 is 0 Å². The second-order valence-electron chi connectivity index (χ2n) is 4.97. The van der Waals surface area contributed by atoms with Crippen molar-refractivity contribution in [1.29, 1.82) is 0 Å². The van der Waals surface area contributed by atoms with E-state index in [-0.39, 0.29) is 18.4 Å². The number of halogens is 1.